The predicted octanol–water partition coefficient (Wildman–Crippen LogP) is 3.69. The van der Waals surface area contributed by atoms with Crippen LogP contribution in [0, 0.1) is 0 Å². The number of allylic oxidation sites excluding steroid dienone is 4. The molecule has 0 fully saturated rings. The average molecular weight is 200 g/mol. The van der Waals surface area contributed by atoms with Gasteiger partial charge in [-0.2, -0.15) is 0 Å². The van der Waals surface area contributed by atoms with E-state index in [4.69, 9.17) is 4.74 Å². The summed E-state index contributed by atoms with van der Waals surface area (Å²) in [6.45, 7) is 2.14. The lowest BCUT2D eigenvalue weighted by Gasteiger charge is -2.15. The molecule has 1 aliphatic carbocycles. The lowest BCUT2D eigenvalue weighted by atomic mass is 9.90. The highest BCUT2D eigenvalue weighted by Gasteiger charge is 2.10. The van der Waals surface area contributed by atoms with E-state index >= 15 is 0 Å². The molecule has 0 saturated carbocycles. The van der Waals surface area contributed by atoms with Gasteiger partial charge in [-0.3, -0.25) is 0 Å². The van der Waals surface area contributed by atoms with E-state index in [0.717, 1.165) is 12.2 Å². The Morgan fingerprint density at radius 2 is 2.20 bits per heavy atom. The zero-order chi connectivity index (χ0) is 10.7. The van der Waals surface area contributed by atoms with Gasteiger partial charge >= 0.3 is 0 Å². The molecule has 1 aromatic rings. The standard InChI is InChI=1S/C14H16O/c1-11-6-8-12(9-7-11)13-4-3-5-14(10-13)15-2/h3-8,10,12H,9H2,1-2H3. The summed E-state index contributed by atoms with van der Waals surface area (Å²) in [5.74, 6) is 1.44. The van der Waals surface area contributed by atoms with Crippen LogP contribution >= 0.6 is 0 Å². The van der Waals surface area contributed by atoms with Crippen molar-refractivity contribution in [3.8, 4) is 5.75 Å². The van der Waals surface area contributed by atoms with Gasteiger partial charge in [-0.05, 0) is 31.0 Å². The van der Waals surface area contributed by atoms with Gasteiger partial charge in [0.2, 0.25) is 0 Å². The minimum absolute atomic E-state index is 0.504. The monoisotopic (exact) mass is 200 g/mol. The molecular formula is C14H16O. The van der Waals surface area contributed by atoms with Crippen LogP contribution in [0.3, 0.4) is 0 Å². The first-order valence-corrected chi connectivity index (χ1v) is 5.28. The normalized spacial score (nSPS) is 19.9. The first-order chi connectivity index (χ1) is 7.29. The molecule has 0 N–H and O–H groups in total. The van der Waals surface area contributed by atoms with Crippen LogP contribution in [0.2, 0.25) is 0 Å². The lowest BCUT2D eigenvalue weighted by molar-refractivity contribution is 0.414. The van der Waals surface area contributed by atoms with E-state index in [-0.39, 0.29) is 0 Å². The summed E-state index contributed by atoms with van der Waals surface area (Å²) in [5.41, 5.74) is 2.68. The zero-order valence-electron chi connectivity index (χ0n) is 9.23. The Morgan fingerprint density at radius 1 is 1.33 bits per heavy atom. The van der Waals surface area contributed by atoms with Crippen LogP contribution in [0.4, 0.5) is 0 Å². The van der Waals surface area contributed by atoms with Crippen LogP contribution < -0.4 is 4.74 Å². The summed E-state index contributed by atoms with van der Waals surface area (Å²) < 4.78 is 5.23. The number of hydrogen-bond donors (Lipinski definition) is 0. The summed E-state index contributed by atoms with van der Waals surface area (Å²) in [7, 11) is 1.71. The first kappa shape index (κ1) is 10.0. The van der Waals surface area contributed by atoms with Gasteiger partial charge in [-0.25, -0.2) is 0 Å². The molecule has 0 bridgehead atoms. The molecule has 0 radical (unpaired) electrons. The van der Waals surface area contributed by atoms with Crippen LogP contribution in [0.1, 0.15) is 24.8 Å². The van der Waals surface area contributed by atoms with Crippen molar-refractivity contribution in [2.24, 2.45) is 0 Å². The van der Waals surface area contributed by atoms with Gasteiger partial charge in [0.25, 0.3) is 0 Å². The van der Waals surface area contributed by atoms with Gasteiger partial charge < -0.3 is 4.74 Å². The molecule has 0 aromatic heterocycles. The molecule has 2 rings (SSSR count). The molecule has 0 spiro atoms. The fourth-order valence-electron chi connectivity index (χ4n) is 1.85. The maximum Gasteiger partial charge on any atom is 0.119 e. The Kier molecular flexibility index (Phi) is 2.91. The third-order valence-electron chi connectivity index (χ3n) is 2.81. The molecule has 1 nitrogen and oxygen atoms in total. The van der Waals surface area contributed by atoms with E-state index in [0.29, 0.717) is 5.92 Å². The van der Waals surface area contributed by atoms with E-state index in [2.05, 4.69) is 37.3 Å². The lowest BCUT2D eigenvalue weighted by Crippen LogP contribution is -1.98. The average Bonchev–Trinajstić information content (AvgIpc) is 2.30. The van der Waals surface area contributed by atoms with Crippen LogP contribution in [-0.4, -0.2) is 7.11 Å². The highest BCUT2D eigenvalue weighted by molar-refractivity contribution is 5.36. The SMILES string of the molecule is COc1cccc(C2C=CC(C)=CC2)c1. The Hall–Kier alpha value is -1.50. The van der Waals surface area contributed by atoms with E-state index in [9.17, 15) is 0 Å². The quantitative estimate of drug-likeness (QED) is 0.707. The molecule has 0 saturated heterocycles. The van der Waals surface area contributed by atoms with Gasteiger partial charge in [-0.15, -0.1) is 0 Å². The van der Waals surface area contributed by atoms with Gasteiger partial charge in [0.15, 0.2) is 0 Å². The van der Waals surface area contributed by atoms with E-state index < -0.39 is 0 Å². The van der Waals surface area contributed by atoms with Crippen molar-refractivity contribution in [2.75, 3.05) is 7.11 Å². The summed E-state index contributed by atoms with van der Waals surface area (Å²) in [4.78, 5) is 0. The van der Waals surface area contributed by atoms with Crippen molar-refractivity contribution in [1.29, 1.82) is 0 Å². The summed E-state index contributed by atoms with van der Waals surface area (Å²) >= 11 is 0. The third kappa shape index (κ3) is 2.30. The van der Waals surface area contributed by atoms with Crippen LogP contribution in [-0.2, 0) is 0 Å². The van der Waals surface area contributed by atoms with Gasteiger partial charge in [0, 0.05) is 5.92 Å². The number of methoxy groups -OCH3 is 1. The maximum absolute atomic E-state index is 5.23. The van der Waals surface area contributed by atoms with Crippen LogP contribution in [0.15, 0.2) is 48.1 Å². The molecule has 0 amide bonds. The molecule has 1 aliphatic rings. The maximum atomic E-state index is 5.23. The summed E-state index contributed by atoms with van der Waals surface area (Å²) in [5, 5.41) is 0. The van der Waals surface area contributed by atoms with Crippen molar-refractivity contribution in [3.63, 3.8) is 0 Å². The van der Waals surface area contributed by atoms with Crippen molar-refractivity contribution in [3.05, 3.63) is 53.6 Å². The van der Waals surface area contributed by atoms with E-state index in [1.165, 1.54) is 11.1 Å². The minimum atomic E-state index is 0.504. The highest BCUT2D eigenvalue weighted by Crippen LogP contribution is 2.28. The second kappa shape index (κ2) is 4.35. The Bertz CT molecular complexity index is 402. The summed E-state index contributed by atoms with van der Waals surface area (Å²) in [6.07, 6.45) is 7.83. The fourth-order valence-corrected chi connectivity index (χ4v) is 1.85. The molecule has 1 unspecified atom stereocenters. The number of ether oxygens (including phenoxy) is 1. The molecule has 1 aromatic carbocycles. The molecule has 1 atom stereocenters. The zero-order valence-corrected chi connectivity index (χ0v) is 9.23. The molecule has 1 heteroatoms. The number of benzene rings is 1. The molecular weight excluding hydrogens is 184 g/mol. The Morgan fingerprint density at radius 3 is 2.87 bits per heavy atom. The van der Waals surface area contributed by atoms with Crippen LogP contribution in [0.5, 0.6) is 5.75 Å². The Labute approximate surface area is 91.1 Å². The molecule has 15 heavy (non-hydrogen) atoms. The minimum Gasteiger partial charge on any atom is -0.497 e. The molecule has 0 aliphatic heterocycles. The first-order valence-electron chi connectivity index (χ1n) is 5.28. The van der Waals surface area contributed by atoms with Gasteiger partial charge in [-0.1, -0.05) is 35.9 Å². The second-order valence-electron chi connectivity index (χ2n) is 3.93. The topological polar surface area (TPSA) is 9.23 Å². The van der Waals surface area contributed by atoms with Crippen molar-refractivity contribution in [1.82, 2.24) is 0 Å². The highest BCUT2D eigenvalue weighted by atomic mass is 16.5. The predicted molar refractivity (Wildman–Crippen MR) is 63.2 cm³/mol. The fraction of sp³-hybridized carbons (Fsp3) is 0.286. The van der Waals surface area contributed by atoms with Crippen molar-refractivity contribution >= 4 is 0 Å². The van der Waals surface area contributed by atoms with Crippen molar-refractivity contribution in [2.45, 2.75) is 19.3 Å². The van der Waals surface area contributed by atoms with E-state index in [1.54, 1.807) is 7.11 Å². The molecule has 78 valence electrons. The second-order valence-corrected chi connectivity index (χ2v) is 3.93. The number of rotatable bonds is 2. The third-order valence-corrected chi connectivity index (χ3v) is 2.81. The van der Waals surface area contributed by atoms with Gasteiger partial charge in [0.05, 0.1) is 7.11 Å². The largest absolute Gasteiger partial charge is 0.497 e. The summed E-state index contributed by atoms with van der Waals surface area (Å²) in [6, 6.07) is 8.31. The number of hydrogen-bond acceptors (Lipinski definition) is 1. The van der Waals surface area contributed by atoms with Gasteiger partial charge in [0.1, 0.15) is 5.75 Å². The Balaban J connectivity index is 2.20. The van der Waals surface area contributed by atoms with Crippen molar-refractivity contribution < 1.29 is 4.74 Å². The smallest absolute Gasteiger partial charge is 0.119 e. The molecule has 0 heterocycles. The van der Waals surface area contributed by atoms with Crippen LogP contribution in [0.25, 0.3) is 0 Å². The van der Waals surface area contributed by atoms with E-state index in [1.807, 2.05) is 12.1 Å².